The van der Waals surface area contributed by atoms with Crippen LogP contribution in [0.3, 0.4) is 0 Å². The predicted octanol–water partition coefficient (Wildman–Crippen LogP) is 1.26. The number of fused-ring (bicyclic) bond motifs is 1. The molecule has 2 aromatic rings. The minimum atomic E-state index is -0.339. The van der Waals surface area contributed by atoms with Crippen LogP contribution in [0.1, 0.15) is 23.4 Å². The number of hydrogen-bond donors (Lipinski definition) is 2. The zero-order valence-electron chi connectivity index (χ0n) is 11.3. The second-order valence-corrected chi connectivity index (χ2v) is 5.77. The van der Waals surface area contributed by atoms with E-state index in [0.717, 1.165) is 30.5 Å². The van der Waals surface area contributed by atoms with Crippen LogP contribution in [0.5, 0.6) is 0 Å². The molecule has 3 rings (SSSR count). The number of furan rings is 1. The predicted molar refractivity (Wildman–Crippen MR) is 78.2 cm³/mol. The summed E-state index contributed by atoms with van der Waals surface area (Å²) in [4.78, 5) is 30.0. The van der Waals surface area contributed by atoms with Crippen molar-refractivity contribution in [2.24, 2.45) is 0 Å². The Bertz CT molecular complexity index is 694. The van der Waals surface area contributed by atoms with E-state index in [9.17, 15) is 9.59 Å². The summed E-state index contributed by atoms with van der Waals surface area (Å²) in [7, 11) is 0. The minimum absolute atomic E-state index is 0.106. The summed E-state index contributed by atoms with van der Waals surface area (Å²) in [5, 5.41) is 3.45. The van der Waals surface area contributed by atoms with E-state index in [1.54, 1.807) is 18.4 Å². The van der Waals surface area contributed by atoms with Crippen molar-refractivity contribution < 1.29 is 9.21 Å². The number of H-pyrrole nitrogens is 1. The summed E-state index contributed by atoms with van der Waals surface area (Å²) in [5.41, 5.74) is 1.71. The monoisotopic (exact) mass is 305 g/mol. The number of carbonyl (C=O) groups excluding carboxylic acids is 1. The van der Waals surface area contributed by atoms with Gasteiger partial charge in [-0.05, 0) is 31.4 Å². The highest BCUT2D eigenvalue weighted by atomic mass is 32.2. The molecule has 2 aromatic heterocycles. The first-order valence-corrected chi connectivity index (χ1v) is 7.75. The third-order valence-electron chi connectivity index (χ3n) is 3.32. The van der Waals surface area contributed by atoms with Crippen molar-refractivity contribution in [2.45, 2.75) is 30.8 Å². The summed E-state index contributed by atoms with van der Waals surface area (Å²) >= 11 is 1.31. The average Bonchev–Trinajstić information content (AvgIpc) is 3.13. The van der Waals surface area contributed by atoms with Gasteiger partial charge in [0, 0.05) is 11.3 Å². The first kappa shape index (κ1) is 13.9. The van der Waals surface area contributed by atoms with Gasteiger partial charge in [0.25, 0.3) is 0 Å². The molecular formula is C14H15N3O3S. The molecule has 0 aliphatic heterocycles. The molecule has 0 bridgehead atoms. The third-order valence-corrected chi connectivity index (χ3v) is 4.33. The quantitative estimate of drug-likeness (QED) is 0.641. The number of hydrogen-bond acceptors (Lipinski definition) is 5. The van der Waals surface area contributed by atoms with Gasteiger partial charge in [0.15, 0.2) is 0 Å². The van der Waals surface area contributed by atoms with E-state index in [0.29, 0.717) is 17.3 Å². The Morgan fingerprint density at radius 1 is 1.48 bits per heavy atom. The lowest BCUT2D eigenvalue weighted by Crippen LogP contribution is -2.24. The van der Waals surface area contributed by atoms with Crippen molar-refractivity contribution >= 4 is 17.7 Å². The van der Waals surface area contributed by atoms with Crippen molar-refractivity contribution in [1.82, 2.24) is 15.3 Å². The molecule has 1 aliphatic rings. The van der Waals surface area contributed by atoms with Crippen LogP contribution in [0, 0.1) is 0 Å². The number of nitrogens with one attached hydrogen (secondary N) is 2. The van der Waals surface area contributed by atoms with Gasteiger partial charge in [-0.3, -0.25) is 4.79 Å². The first-order chi connectivity index (χ1) is 10.2. The van der Waals surface area contributed by atoms with E-state index >= 15 is 0 Å². The van der Waals surface area contributed by atoms with Gasteiger partial charge in [-0.15, -0.1) is 0 Å². The van der Waals surface area contributed by atoms with Crippen LogP contribution in [-0.4, -0.2) is 21.6 Å². The molecule has 0 fully saturated rings. The largest absolute Gasteiger partial charge is 0.467 e. The van der Waals surface area contributed by atoms with Gasteiger partial charge in [-0.1, -0.05) is 11.8 Å². The molecule has 0 spiro atoms. The van der Waals surface area contributed by atoms with Crippen LogP contribution in [0.2, 0.25) is 0 Å². The summed E-state index contributed by atoms with van der Waals surface area (Å²) in [6, 6.07) is 3.58. The molecule has 1 aliphatic carbocycles. The molecule has 2 heterocycles. The van der Waals surface area contributed by atoms with Crippen LogP contribution < -0.4 is 11.0 Å². The number of aryl methyl sites for hydroxylation is 1. The van der Waals surface area contributed by atoms with Gasteiger partial charge in [0.2, 0.25) is 5.91 Å². The zero-order valence-corrected chi connectivity index (χ0v) is 12.2. The van der Waals surface area contributed by atoms with Gasteiger partial charge in [0.1, 0.15) is 10.8 Å². The van der Waals surface area contributed by atoms with E-state index in [4.69, 9.17) is 4.42 Å². The second-order valence-electron chi connectivity index (χ2n) is 4.80. The maximum atomic E-state index is 11.8. The summed E-state index contributed by atoms with van der Waals surface area (Å²) in [5.74, 6) is 0.845. The van der Waals surface area contributed by atoms with Gasteiger partial charge in [-0.25, -0.2) is 4.79 Å². The van der Waals surface area contributed by atoms with E-state index in [1.807, 2.05) is 0 Å². The summed E-state index contributed by atoms with van der Waals surface area (Å²) in [6.45, 7) is 0.368. The van der Waals surface area contributed by atoms with Crippen LogP contribution in [0.4, 0.5) is 0 Å². The molecule has 2 N–H and O–H groups in total. The lowest BCUT2D eigenvalue weighted by Gasteiger charge is -2.06. The Kier molecular flexibility index (Phi) is 4.10. The number of aromatic nitrogens is 2. The van der Waals surface area contributed by atoms with E-state index in [-0.39, 0.29) is 17.3 Å². The standard InChI is InChI=1S/C14H15N3O3S/c18-12(15-7-9-3-2-6-20-9)8-21-13-10-4-1-5-11(10)16-14(19)17-13/h2-3,6H,1,4-5,7-8H2,(H,15,18)(H,16,17,19). The molecule has 21 heavy (non-hydrogen) atoms. The Morgan fingerprint density at radius 3 is 3.19 bits per heavy atom. The van der Waals surface area contributed by atoms with Gasteiger partial charge in [0.05, 0.1) is 18.6 Å². The van der Waals surface area contributed by atoms with Crippen molar-refractivity contribution in [1.29, 1.82) is 0 Å². The van der Waals surface area contributed by atoms with Gasteiger partial charge in [-0.2, -0.15) is 4.98 Å². The topological polar surface area (TPSA) is 88.0 Å². The molecular weight excluding hydrogens is 290 g/mol. The third kappa shape index (κ3) is 3.36. The Labute approximate surface area is 125 Å². The van der Waals surface area contributed by atoms with Crippen LogP contribution >= 0.6 is 11.8 Å². The molecule has 0 atom stereocenters. The highest BCUT2D eigenvalue weighted by molar-refractivity contribution is 7.99. The maximum Gasteiger partial charge on any atom is 0.346 e. The molecule has 6 nitrogen and oxygen atoms in total. The van der Waals surface area contributed by atoms with Crippen molar-refractivity contribution in [3.05, 3.63) is 45.9 Å². The fourth-order valence-electron chi connectivity index (χ4n) is 2.34. The normalized spacial score (nSPS) is 13.1. The number of aromatic amines is 1. The Morgan fingerprint density at radius 2 is 2.38 bits per heavy atom. The maximum absolute atomic E-state index is 11.8. The smallest absolute Gasteiger partial charge is 0.346 e. The molecule has 0 aromatic carbocycles. The van der Waals surface area contributed by atoms with Gasteiger partial charge >= 0.3 is 5.69 Å². The van der Waals surface area contributed by atoms with E-state index in [1.165, 1.54) is 11.8 Å². The molecule has 110 valence electrons. The lowest BCUT2D eigenvalue weighted by atomic mass is 10.3. The van der Waals surface area contributed by atoms with Crippen molar-refractivity contribution in [3.8, 4) is 0 Å². The van der Waals surface area contributed by atoms with Crippen LogP contribution in [0.15, 0.2) is 32.6 Å². The molecule has 0 radical (unpaired) electrons. The summed E-state index contributed by atoms with van der Waals surface area (Å²) in [6.07, 6.45) is 4.38. The first-order valence-electron chi connectivity index (χ1n) is 6.76. The number of thioether (sulfide) groups is 1. The fraction of sp³-hybridized carbons (Fsp3) is 0.357. The Balaban J connectivity index is 1.58. The Hall–Kier alpha value is -2.02. The van der Waals surface area contributed by atoms with E-state index in [2.05, 4.69) is 15.3 Å². The number of amides is 1. The number of carbonyl (C=O) groups is 1. The summed E-state index contributed by atoms with van der Waals surface area (Å²) < 4.78 is 5.14. The molecule has 0 unspecified atom stereocenters. The highest BCUT2D eigenvalue weighted by Crippen LogP contribution is 2.27. The zero-order chi connectivity index (χ0) is 14.7. The molecule has 0 saturated heterocycles. The van der Waals surface area contributed by atoms with E-state index < -0.39 is 0 Å². The van der Waals surface area contributed by atoms with Crippen LogP contribution in [0.25, 0.3) is 0 Å². The lowest BCUT2D eigenvalue weighted by molar-refractivity contribution is -0.118. The fourth-order valence-corrected chi connectivity index (χ4v) is 3.25. The highest BCUT2D eigenvalue weighted by Gasteiger charge is 2.18. The average molecular weight is 305 g/mol. The SMILES string of the molecule is O=C(CSc1nc(=O)[nH]c2c1CCC2)NCc1ccco1. The number of rotatable bonds is 5. The van der Waals surface area contributed by atoms with Gasteiger partial charge < -0.3 is 14.7 Å². The minimum Gasteiger partial charge on any atom is -0.467 e. The molecule has 1 amide bonds. The van der Waals surface area contributed by atoms with Crippen molar-refractivity contribution in [3.63, 3.8) is 0 Å². The number of nitrogens with zero attached hydrogens (tertiary/aromatic N) is 1. The van der Waals surface area contributed by atoms with Crippen molar-refractivity contribution in [2.75, 3.05) is 5.75 Å². The van der Waals surface area contributed by atoms with Crippen LogP contribution in [-0.2, 0) is 24.2 Å². The second kappa shape index (κ2) is 6.17. The molecule has 7 heteroatoms. The molecule has 0 saturated carbocycles.